The highest BCUT2D eigenvalue weighted by Gasteiger charge is 2.36. The number of allylic oxidation sites excluding steroid dienone is 5. The van der Waals surface area contributed by atoms with Crippen molar-refractivity contribution in [3.63, 3.8) is 0 Å². The minimum Gasteiger partial charge on any atom is -0.456 e. The average Bonchev–Trinajstić information content (AvgIpc) is 3.82. The Morgan fingerprint density at radius 2 is 1.16 bits per heavy atom. The molecular weight excluding hydrogens is 813 g/mol. The topological polar surface area (TPSA) is 21.3 Å². The largest absolute Gasteiger partial charge is 0.456 e. The van der Waals surface area contributed by atoms with E-state index in [4.69, 9.17) is 4.42 Å². The summed E-state index contributed by atoms with van der Waals surface area (Å²) in [7, 11) is 0. The maximum absolute atomic E-state index is 6.27. The second-order valence-electron chi connectivity index (χ2n) is 18.3. The first-order valence-electron chi connectivity index (χ1n) is 23.4. The second kappa shape index (κ2) is 15.6. The molecule has 2 aliphatic carbocycles. The standard InChI is InChI=1S/C64H46N2O/c1-64(39-13-17-49(42-64)55-19-7-11-23-60-63(55)57-21-8-10-22-59(57)65(60)52-36-38-62-58(41-52)56-20-9-12-24-61(56)67-62)66(50-32-27-44(28-33-50)43-14-3-2-4-15-43)51-34-29-45(30-35-51)47-31-37-54-48(40-47)26-25-46-16-5-6-18-53(46)54/h2-6,8-41H,7,42H2,1H3. The first kappa shape index (κ1) is 39.0. The maximum atomic E-state index is 6.27. The van der Waals surface area contributed by atoms with Gasteiger partial charge >= 0.3 is 0 Å². The minimum atomic E-state index is -0.406. The summed E-state index contributed by atoms with van der Waals surface area (Å²) >= 11 is 0. The Morgan fingerprint density at radius 3 is 1.99 bits per heavy atom. The molecule has 9 aromatic carbocycles. The number of aromatic nitrogens is 1. The summed E-state index contributed by atoms with van der Waals surface area (Å²) in [5, 5.41) is 8.59. The molecule has 3 nitrogen and oxygen atoms in total. The number of nitrogens with zero attached hydrogens (tertiary/aromatic N) is 2. The Labute approximate surface area is 390 Å². The molecule has 0 bridgehead atoms. The summed E-state index contributed by atoms with van der Waals surface area (Å²) in [5.74, 6) is 0. The SMILES string of the molecule is CC1(N(c2ccc(-c3ccccc3)cc2)c2ccc(-c3ccc4c(ccc5ccccc54)c3)cc2)C=CC=C(C2=CCC=Cc3c2c2ccccc2n3-c2ccc3oc4ccccc4c3c2)C1. The van der Waals surface area contributed by atoms with E-state index >= 15 is 0 Å². The van der Waals surface area contributed by atoms with Crippen molar-refractivity contribution in [1.29, 1.82) is 0 Å². The van der Waals surface area contributed by atoms with Crippen molar-refractivity contribution in [1.82, 2.24) is 4.57 Å². The molecule has 13 rings (SSSR count). The lowest BCUT2D eigenvalue weighted by atomic mass is 9.80. The predicted molar refractivity (Wildman–Crippen MR) is 283 cm³/mol. The van der Waals surface area contributed by atoms with E-state index in [9.17, 15) is 0 Å². The van der Waals surface area contributed by atoms with Crippen molar-refractivity contribution in [2.45, 2.75) is 25.3 Å². The number of fused-ring (bicyclic) bond motifs is 9. The van der Waals surface area contributed by atoms with Gasteiger partial charge in [-0.05, 0) is 141 Å². The molecule has 2 aliphatic rings. The summed E-state index contributed by atoms with van der Waals surface area (Å²) in [6, 6.07) is 72.8. The van der Waals surface area contributed by atoms with Crippen LogP contribution in [0, 0.1) is 0 Å². The molecule has 1 atom stereocenters. The molecule has 0 amide bonds. The smallest absolute Gasteiger partial charge is 0.135 e. The van der Waals surface area contributed by atoms with Crippen molar-refractivity contribution in [2.24, 2.45) is 0 Å². The van der Waals surface area contributed by atoms with Gasteiger partial charge in [-0.1, -0.05) is 170 Å². The van der Waals surface area contributed by atoms with Gasteiger partial charge in [0.15, 0.2) is 0 Å². The number of furan rings is 1. The molecule has 318 valence electrons. The predicted octanol–water partition coefficient (Wildman–Crippen LogP) is 17.5. The minimum absolute atomic E-state index is 0.406. The van der Waals surface area contributed by atoms with E-state index in [1.807, 2.05) is 6.07 Å². The fourth-order valence-electron chi connectivity index (χ4n) is 11.0. The molecular formula is C64H46N2O. The average molecular weight is 859 g/mol. The van der Waals surface area contributed by atoms with Gasteiger partial charge in [0.1, 0.15) is 11.2 Å². The van der Waals surface area contributed by atoms with Gasteiger partial charge in [0, 0.05) is 38.8 Å². The number of rotatable bonds is 7. The van der Waals surface area contributed by atoms with Crippen LogP contribution in [0.1, 0.15) is 31.0 Å². The van der Waals surface area contributed by atoms with Crippen LogP contribution in [0.4, 0.5) is 11.4 Å². The third-order valence-corrected chi connectivity index (χ3v) is 14.1. The molecule has 2 heterocycles. The molecule has 0 saturated carbocycles. The third kappa shape index (κ3) is 6.57. The van der Waals surface area contributed by atoms with E-state index in [1.54, 1.807) is 0 Å². The maximum Gasteiger partial charge on any atom is 0.135 e. The highest BCUT2D eigenvalue weighted by Crippen LogP contribution is 2.47. The van der Waals surface area contributed by atoms with Gasteiger partial charge < -0.3 is 13.9 Å². The molecule has 0 fully saturated rings. The number of anilines is 2. The third-order valence-electron chi connectivity index (χ3n) is 14.1. The second-order valence-corrected chi connectivity index (χ2v) is 18.3. The van der Waals surface area contributed by atoms with Crippen LogP contribution in [0.3, 0.4) is 0 Å². The zero-order valence-electron chi connectivity index (χ0n) is 37.2. The Bertz CT molecular complexity index is 3860. The van der Waals surface area contributed by atoms with Crippen LogP contribution in [0.15, 0.2) is 241 Å². The lowest BCUT2D eigenvalue weighted by Gasteiger charge is -2.43. The van der Waals surface area contributed by atoms with E-state index in [-0.39, 0.29) is 0 Å². The van der Waals surface area contributed by atoms with Crippen LogP contribution in [0.2, 0.25) is 0 Å². The zero-order chi connectivity index (χ0) is 44.5. The number of benzene rings is 9. The Morgan fingerprint density at radius 1 is 0.522 bits per heavy atom. The molecule has 11 aromatic rings. The molecule has 0 aliphatic heterocycles. The quantitative estimate of drug-likeness (QED) is 0.149. The highest BCUT2D eigenvalue weighted by molar-refractivity contribution is 6.09. The molecule has 1 unspecified atom stereocenters. The van der Waals surface area contributed by atoms with Gasteiger partial charge in [0.25, 0.3) is 0 Å². The van der Waals surface area contributed by atoms with Gasteiger partial charge in [-0.25, -0.2) is 0 Å². The Balaban J connectivity index is 0.896. The van der Waals surface area contributed by atoms with Gasteiger partial charge in [0.05, 0.1) is 16.7 Å². The van der Waals surface area contributed by atoms with Gasteiger partial charge in [0.2, 0.25) is 0 Å². The van der Waals surface area contributed by atoms with Gasteiger partial charge in [-0.2, -0.15) is 0 Å². The van der Waals surface area contributed by atoms with Crippen LogP contribution in [-0.2, 0) is 0 Å². The molecule has 0 saturated heterocycles. The molecule has 0 radical (unpaired) electrons. The van der Waals surface area contributed by atoms with Crippen molar-refractivity contribution in [3.05, 3.63) is 247 Å². The Hall–Kier alpha value is -8.40. The van der Waals surface area contributed by atoms with E-state index in [0.717, 1.165) is 51.8 Å². The molecule has 67 heavy (non-hydrogen) atoms. The van der Waals surface area contributed by atoms with Crippen molar-refractivity contribution in [3.8, 4) is 27.9 Å². The highest BCUT2D eigenvalue weighted by atomic mass is 16.3. The molecule has 0 spiro atoms. The van der Waals surface area contributed by atoms with Crippen molar-refractivity contribution in [2.75, 3.05) is 4.90 Å². The molecule has 2 aromatic heterocycles. The lowest BCUT2D eigenvalue weighted by molar-refractivity contribution is 0.561. The number of hydrogen-bond donors (Lipinski definition) is 0. The summed E-state index contributed by atoms with van der Waals surface area (Å²) < 4.78 is 8.72. The lowest BCUT2D eigenvalue weighted by Crippen LogP contribution is -2.43. The summed E-state index contributed by atoms with van der Waals surface area (Å²) in [5.41, 5.74) is 15.9. The van der Waals surface area contributed by atoms with Crippen LogP contribution in [0.25, 0.3) is 94.0 Å². The normalized spacial score (nSPS) is 15.8. The van der Waals surface area contributed by atoms with Crippen LogP contribution in [0.5, 0.6) is 0 Å². The van der Waals surface area contributed by atoms with E-state index in [0.29, 0.717) is 0 Å². The zero-order valence-corrected chi connectivity index (χ0v) is 37.2. The van der Waals surface area contributed by atoms with Gasteiger partial charge in [-0.15, -0.1) is 0 Å². The van der Waals surface area contributed by atoms with E-state index < -0.39 is 5.54 Å². The Kier molecular flexibility index (Phi) is 9.11. The van der Waals surface area contributed by atoms with Crippen molar-refractivity contribution >= 4 is 77.4 Å². The monoisotopic (exact) mass is 858 g/mol. The fourth-order valence-corrected chi connectivity index (χ4v) is 11.0. The summed E-state index contributed by atoms with van der Waals surface area (Å²) in [6.07, 6.45) is 15.8. The van der Waals surface area contributed by atoms with Crippen molar-refractivity contribution < 1.29 is 4.42 Å². The van der Waals surface area contributed by atoms with Crippen LogP contribution >= 0.6 is 0 Å². The fraction of sp³-hybridized carbons (Fsp3) is 0.0625. The summed E-state index contributed by atoms with van der Waals surface area (Å²) in [4.78, 5) is 2.55. The van der Waals surface area contributed by atoms with Crippen LogP contribution < -0.4 is 4.90 Å². The molecule has 3 heteroatoms. The first-order valence-corrected chi connectivity index (χ1v) is 23.4. The first-order chi connectivity index (χ1) is 33.1. The molecule has 0 N–H and O–H groups in total. The van der Waals surface area contributed by atoms with Crippen LogP contribution in [-0.4, -0.2) is 10.1 Å². The van der Waals surface area contributed by atoms with Gasteiger partial charge in [-0.3, -0.25) is 0 Å². The number of para-hydroxylation sites is 2. The van der Waals surface area contributed by atoms with E-state index in [2.05, 4.69) is 247 Å². The summed E-state index contributed by atoms with van der Waals surface area (Å²) in [6.45, 7) is 2.40. The van der Waals surface area contributed by atoms with E-state index in [1.165, 1.54) is 77.1 Å². The number of hydrogen-bond acceptors (Lipinski definition) is 2.